The van der Waals surface area contributed by atoms with Crippen molar-refractivity contribution in [2.75, 3.05) is 0 Å². The molecule has 0 amide bonds. The Morgan fingerprint density at radius 2 is 1.38 bits per heavy atom. The second kappa shape index (κ2) is 4.95. The van der Waals surface area contributed by atoms with Crippen LogP contribution in [0.15, 0.2) is 0 Å². The van der Waals surface area contributed by atoms with Crippen molar-refractivity contribution in [3.8, 4) is 0 Å². The summed E-state index contributed by atoms with van der Waals surface area (Å²) in [6.07, 6.45) is 0. The molecule has 0 aliphatic rings. The minimum absolute atomic E-state index is 0.343. The maximum atomic E-state index is 2.54. The summed E-state index contributed by atoms with van der Waals surface area (Å²) in [6.45, 7) is 4.78. The molecule has 0 aromatic heterocycles. The van der Waals surface area contributed by atoms with Crippen molar-refractivity contribution in [2.45, 2.75) is 35.7 Å². The van der Waals surface area contributed by atoms with E-state index in [9.17, 15) is 0 Å². The predicted molar refractivity (Wildman–Crippen MR) is 47.0 cm³/mol. The van der Waals surface area contributed by atoms with Crippen molar-refractivity contribution in [2.24, 2.45) is 0 Å². The third kappa shape index (κ3) is 3.20. The number of hydrogen-bond donors (Lipinski definition) is 0. The van der Waals surface area contributed by atoms with Crippen LogP contribution in [0.2, 0.25) is 21.8 Å². The van der Waals surface area contributed by atoms with Gasteiger partial charge in [0.05, 0.1) is 0 Å². The zero-order chi connectivity index (χ0) is 6.57. The summed E-state index contributed by atoms with van der Waals surface area (Å²) in [6, 6.07) is 0. The van der Waals surface area contributed by atoms with Gasteiger partial charge in [0.25, 0.3) is 0 Å². The maximum absolute atomic E-state index is 2.54. The molecule has 8 heavy (non-hydrogen) atoms. The van der Waals surface area contributed by atoms with E-state index in [-0.39, 0.29) is 24.1 Å². The molecule has 0 aromatic carbocycles. The van der Waals surface area contributed by atoms with Crippen LogP contribution >= 0.6 is 0 Å². The van der Waals surface area contributed by atoms with Crippen LogP contribution in [0.25, 0.3) is 0 Å². The van der Waals surface area contributed by atoms with E-state index in [0.717, 1.165) is 0 Å². The Kier molecular flexibility index (Phi) is 5.64. The molecule has 0 radical (unpaired) electrons. The van der Waals surface area contributed by atoms with Crippen molar-refractivity contribution in [3.05, 3.63) is 0 Å². The summed E-state index contributed by atoms with van der Waals surface area (Å²) < 4.78 is 0. The zero-order valence-corrected chi connectivity index (χ0v) is 10.6. The average Bonchev–Trinajstić information content (AvgIpc) is 1.69. The van der Waals surface area contributed by atoms with E-state index < -0.39 is 0 Å². The van der Waals surface area contributed by atoms with Gasteiger partial charge in [0.15, 0.2) is 0 Å². The SMILES string of the molecule is CC[AsH](CC)=[AsH](C)C. The quantitative estimate of drug-likeness (QED) is 0.646. The van der Waals surface area contributed by atoms with Crippen LogP contribution < -0.4 is 0 Å². The van der Waals surface area contributed by atoms with Crippen LogP contribution in [0.5, 0.6) is 0 Å². The Morgan fingerprint density at radius 3 is 1.38 bits per heavy atom. The fraction of sp³-hybridized carbons (Fsp3) is 1.00. The van der Waals surface area contributed by atoms with Crippen LogP contribution in [0.3, 0.4) is 0 Å². The van der Waals surface area contributed by atoms with E-state index in [1.165, 1.54) is 0 Å². The predicted octanol–water partition coefficient (Wildman–Crippen LogP) is 1.82. The van der Waals surface area contributed by atoms with Crippen molar-refractivity contribution >= 4 is 24.1 Å². The fourth-order valence-corrected chi connectivity index (χ4v) is 20.4. The molecule has 0 N–H and O–H groups in total. The van der Waals surface area contributed by atoms with Gasteiger partial charge >= 0.3 is 59.8 Å². The number of rotatable bonds is 2. The molecule has 0 saturated carbocycles. The summed E-state index contributed by atoms with van der Waals surface area (Å²) in [4.78, 5) is 0. The topological polar surface area (TPSA) is 0 Å². The van der Waals surface area contributed by atoms with E-state index in [4.69, 9.17) is 0 Å². The van der Waals surface area contributed by atoms with Gasteiger partial charge in [0.2, 0.25) is 0 Å². The van der Waals surface area contributed by atoms with Crippen LogP contribution in [-0.4, -0.2) is 24.1 Å². The van der Waals surface area contributed by atoms with E-state index >= 15 is 0 Å². The van der Waals surface area contributed by atoms with Gasteiger partial charge in [-0.1, -0.05) is 0 Å². The number of hydrogen-bond acceptors (Lipinski definition) is 0. The molecular weight excluding hydrogens is 222 g/mol. The van der Waals surface area contributed by atoms with Crippen molar-refractivity contribution in [1.82, 2.24) is 0 Å². The van der Waals surface area contributed by atoms with Gasteiger partial charge < -0.3 is 0 Å². The molecule has 0 fully saturated rings. The molecule has 0 aliphatic heterocycles. The Bertz CT molecular complexity index is 84.7. The molecule has 52 valence electrons. The van der Waals surface area contributed by atoms with E-state index in [0.29, 0.717) is 0 Å². The molecular formula is C6H18As2. The summed E-state index contributed by atoms with van der Waals surface area (Å²) in [7, 11) is 0. The molecule has 0 bridgehead atoms. The van der Waals surface area contributed by atoms with Gasteiger partial charge in [-0.3, -0.25) is 0 Å². The van der Waals surface area contributed by atoms with E-state index in [2.05, 4.69) is 25.3 Å². The zero-order valence-electron chi connectivity index (χ0n) is 6.41. The molecule has 0 saturated heterocycles. The Balaban J connectivity index is 3.86. The standard InChI is InChI=1S/C6H18As2/c1-5-8(6-2)7(3)4/h7-8H,5-6H2,1-4H3. The second-order valence-corrected chi connectivity index (χ2v) is 30.6. The van der Waals surface area contributed by atoms with Gasteiger partial charge in [0, 0.05) is 0 Å². The Morgan fingerprint density at radius 1 is 1.00 bits per heavy atom. The van der Waals surface area contributed by atoms with Crippen molar-refractivity contribution in [1.29, 1.82) is 0 Å². The first-order chi connectivity index (χ1) is 3.72. The molecule has 0 aromatic rings. The van der Waals surface area contributed by atoms with Crippen LogP contribution in [0, 0.1) is 0 Å². The normalized spacial score (nSPS) is 11.2. The van der Waals surface area contributed by atoms with Crippen LogP contribution in [0.1, 0.15) is 13.8 Å². The summed E-state index contributed by atoms with van der Waals surface area (Å²) >= 11 is -0.694. The third-order valence-corrected chi connectivity index (χ3v) is 31.2. The van der Waals surface area contributed by atoms with Crippen molar-refractivity contribution in [3.63, 3.8) is 0 Å². The van der Waals surface area contributed by atoms with Gasteiger partial charge in [-0.15, -0.1) is 0 Å². The minimum atomic E-state index is -0.352. The van der Waals surface area contributed by atoms with Crippen LogP contribution in [0.4, 0.5) is 0 Å². The summed E-state index contributed by atoms with van der Waals surface area (Å²) in [5, 5.41) is 3.16. The Labute approximate surface area is 59.8 Å². The molecule has 0 aliphatic carbocycles. The van der Waals surface area contributed by atoms with Gasteiger partial charge in [-0.05, 0) is 0 Å². The first-order valence-corrected chi connectivity index (χ1v) is 17.0. The fourth-order valence-electron chi connectivity index (χ4n) is 0.957. The second-order valence-electron chi connectivity index (χ2n) is 2.31. The van der Waals surface area contributed by atoms with Gasteiger partial charge in [-0.25, -0.2) is 0 Å². The molecule has 0 unspecified atom stereocenters. The van der Waals surface area contributed by atoms with E-state index in [1.807, 2.05) is 0 Å². The van der Waals surface area contributed by atoms with Gasteiger partial charge in [-0.2, -0.15) is 0 Å². The summed E-state index contributed by atoms with van der Waals surface area (Å²) in [5.74, 6) is 0. The third-order valence-electron chi connectivity index (χ3n) is 1.56. The van der Waals surface area contributed by atoms with Crippen LogP contribution in [-0.2, 0) is 0 Å². The van der Waals surface area contributed by atoms with Crippen molar-refractivity contribution < 1.29 is 0 Å². The Hall–Kier alpha value is 1.12. The molecule has 0 nitrogen and oxygen atoms in total. The first-order valence-electron chi connectivity index (χ1n) is 3.37. The molecule has 2 heteroatoms. The molecule has 0 heterocycles. The first kappa shape index (κ1) is 9.12. The average molecular weight is 240 g/mol. The van der Waals surface area contributed by atoms with E-state index in [1.54, 1.807) is 10.4 Å². The molecule has 0 atom stereocenters. The molecule has 0 spiro atoms. The molecule has 0 rings (SSSR count). The van der Waals surface area contributed by atoms with Gasteiger partial charge in [0.1, 0.15) is 0 Å². The monoisotopic (exact) mass is 240 g/mol. The summed E-state index contributed by atoms with van der Waals surface area (Å²) in [5.41, 5.74) is 5.09.